The minimum Gasteiger partial charge on any atom is -0.481 e. The van der Waals surface area contributed by atoms with E-state index in [1.807, 2.05) is 31.2 Å². The van der Waals surface area contributed by atoms with Gasteiger partial charge in [0.1, 0.15) is 6.61 Å². The van der Waals surface area contributed by atoms with Crippen LogP contribution in [0, 0.1) is 12.8 Å². The van der Waals surface area contributed by atoms with Gasteiger partial charge in [0.2, 0.25) is 0 Å². The predicted molar refractivity (Wildman–Crippen MR) is 131 cm³/mol. The van der Waals surface area contributed by atoms with Crippen molar-refractivity contribution in [3.63, 3.8) is 0 Å². The van der Waals surface area contributed by atoms with Gasteiger partial charge in [0, 0.05) is 23.2 Å². The van der Waals surface area contributed by atoms with E-state index in [0.29, 0.717) is 24.1 Å². The van der Waals surface area contributed by atoms with E-state index in [0.717, 1.165) is 27.8 Å². The fourth-order valence-electron chi connectivity index (χ4n) is 4.85. The zero-order valence-electron chi connectivity index (χ0n) is 19.3. The maximum atomic E-state index is 12.7. The van der Waals surface area contributed by atoms with E-state index in [-0.39, 0.29) is 24.5 Å². The van der Waals surface area contributed by atoms with Crippen LogP contribution >= 0.6 is 0 Å². The molecule has 3 N–H and O–H groups in total. The van der Waals surface area contributed by atoms with Crippen LogP contribution in [0.2, 0.25) is 0 Å². The molecule has 35 heavy (non-hydrogen) atoms. The van der Waals surface area contributed by atoms with E-state index >= 15 is 0 Å². The standard InChI is InChI=1S/C28H26N2O5/c1-16-10-11-17(26(31)29-19-12-18(13-19)27(32)33)14-25(16)30-28(34)35-15-24-22-8-4-2-6-20(22)21-7-3-5-9-23(21)24/h2-11,14,18-19,24H,12-13,15H2,1H3,(H,29,31)(H,30,34)(H,32,33). The van der Waals surface area contributed by atoms with Gasteiger partial charge in [-0.25, -0.2) is 4.79 Å². The van der Waals surface area contributed by atoms with Crippen LogP contribution in [-0.2, 0) is 9.53 Å². The molecule has 2 aliphatic carbocycles. The van der Waals surface area contributed by atoms with Crippen molar-refractivity contribution in [2.24, 2.45) is 5.92 Å². The molecular formula is C28H26N2O5. The number of benzene rings is 3. The maximum Gasteiger partial charge on any atom is 0.411 e. The van der Waals surface area contributed by atoms with Crippen LogP contribution in [0.5, 0.6) is 0 Å². The molecule has 0 saturated heterocycles. The normalized spacial score (nSPS) is 18.1. The molecule has 1 saturated carbocycles. The molecule has 7 heteroatoms. The number of carbonyl (C=O) groups excluding carboxylic acids is 2. The highest BCUT2D eigenvalue weighted by Gasteiger charge is 2.35. The second-order valence-corrected chi connectivity index (χ2v) is 9.16. The highest BCUT2D eigenvalue weighted by Crippen LogP contribution is 2.44. The Hall–Kier alpha value is -4.13. The van der Waals surface area contributed by atoms with Gasteiger partial charge in [0.05, 0.1) is 5.92 Å². The fraction of sp³-hybridized carbons (Fsp3) is 0.250. The molecule has 0 aromatic heterocycles. The highest BCUT2D eigenvalue weighted by molar-refractivity contribution is 5.97. The lowest BCUT2D eigenvalue weighted by atomic mass is 9.80. The third-order valence-electron chi connectivity index (χ3n) is 6.90. The first-order valence-electron chi connectivity index (χ1n) is 11.7. The van der Waals surface area contributed by atoms with Gasteiger partial charge in [-0.15, -0.1) is 0 Å². The topological polar surface area (TPSA) is 105 Å². The van der Waals surface area contributed by atoms with Gasteiger partial charge < -0.3 is 15.2 Å². The molecule has 0 atom stereocenters. The Morgan fingerprint density at radius 2 is 1.57 bits per heavy atom. The summed E-state index contributed by atoms with van der Waals surface area (Å²) < 4.78 is 5.62. The van der Waals surface area contributed by atoms with Crippen LogP contribution in [-0.4, -0.2) is 35.7 Å². The summed E-state index contributed by atoms with van der Waals surface area (Å²) in [5.74, 6) is -1.57. The first-order valence-corrected chi connectivity index (χ1v) is 11.7. The monoisotopic (exact) mass is 470 g/mol. The van der Waals surface area contributed by atoms with E-state index in [1.54, 1.807) is 18.2 Å². The summed E-state index contributed by atoms with van der Waals surface area (Å²) in [6.07, 6.45) is 0.270. The Bertz CT molecular complexity index is 1270. The van der Waals surface area contributed by atoms with E-state index < -0.39 is 18.0 Å². The molecule has 7 nitrogen and oxygen atoms in total. The lowest BCUT2D eigenvalue weighted by Gasteiger charge is -2.32. The van der Waals surface area contributed by atoms with Gasteiger partial charge in [-0.2, -0.15) is 0 Å². The van der Waals surface area contributed by atoms with Gasteiger partial charge in [-0.05, 0) is 59.7 Å². The number of carboxylic acid groups (broad SMARTS) is 1. The van der Waals surface area contributed by atoms with Crippen LogP contribution in [0.15, 0.2) is 66.7 Å². The van der Waals surface area contributed by atoms with Crippen LogP contribution in [0.3, 0.4) is 0 Å². The summed E-state index contributed by atoms with van der Waals surface area (Å²) in [5, 5.41) is 14.6. The Morgan fingerprint density at radius 3 is 2.20 bits per heavy atom. The molecule has 0 spiro atoms. The number of hydrogen-bond acceptors (Lipinski definition) is 4. The molecule has 3 aromatic carbocycles. The number of hydrogen-bond donors (Lipinski definition) is 3. The molecule has 0 aliphatic heterocycles. The van der Waals surface area contributed by atoms with E-state index in [4.69, 9.17) is 9.84 Å². The summed E-state index contributed by atoms with van der Waals surface area (Å²) in [5.41, 5.74) is 6.27. The third-order valence-corrected chi connectivity index (χ3v) is 6.90. The molecule has 2 amide bonds. The number of aryl methyl sites for hydroxylation is 1. The molecule has 3 aromatic rings. The smallest absolute Gasteiger partial charge is 0.411 e. The van der Waals surface area contributed by atoms with Crippen molar-refractivity contribution < 1.29 is 24.2 Å². The number of rotatable bonds is 6. The average molecular weight is 471 g/mol. The van der Waals surface area contributed by atoms with E-state index in [1.165, 1.54) is 0 Å². The lowest BCUT2D eigenvalue weighted by Crippen LogP contribution is -2.46. The SMILES string of the molecule is Cc1ccc(C(=O)NC2CC(C(=O)O)C2)cc1NC(=O)OCC1c2ccccc2-c2ccccc21. The van der Waals surface area contributed by atoms with Crippen molar-refractivity contribution in [3.8, 4) is 11.1 Å². The fourth-order valence-corrected chi connectivity index (χ4v) is 4.85. The summed E-state index contributed by atoms with van der Waals surface area (Å²) in [4.78, 5) is 36.2. The Morgan fingerprint density at radius 1 is 0.943 bits per heavy atom. The Kier molecular flexibility index (Phi) is 5.99. The number of ether oxygens (including phenoxy) is 1. The Labute approximate surface area is 203 Å². The minimum atomic E-state index is -0.833. The largest absolute Gasteiger partial charge is 0.481 e. The maximum absolute atomic E-state index is 12.7. The van der Waals surface area contributed by atoms with Gasteiger partial charge in [0.15, 0.2) is 0 Å². The number of nitrogens with one attached hydrogen (secondary N) is 2. The van der Waals surface area contributed by atoms with Gasteiger partial charge in [0.25, 0.3) is 5.91 Å². The van der Waals surface area contributed by atoms with Gasteiger partial charge in [-0.3, -0.25) is 14.9 Å². The number of aliphatic carboxylic acids is 1. The molecule has 0 heterocycles. The molecule has 0 bridgehead atoms. The molecule has 178 valence electrons. The number of carbonyl (C=O) groups is 3. The summed E-state index contributed by atoms with van der Waals surface area (Å²) in [6, 6.07) is 21.2. The second kappa shape index (κ2) is 9.25. The molecule has 2 aliphatic rings. The predicted octanol–water partition coefficient (Wildman–Crippen LogP) is 4.95. The second-order valence-electron chi connectivity index (χ2n) is 9.16. The van der Waals surface area contributed by atoms with Crippen LogP contribution in [0.4, 0.5) is 10.5 Å². The van der Waals surface area contributed by atoms with Crippen LogP contribution in [0.25, 0.3) is 11.1 Å². The first-order chi connectivity index (χ1) is 16.9. The quantitative estimate of drug-likeness (QED) is 0.473. The zero-order chi connectivity index (χ0) is 24.5. The van der Waals surface area contributed by atoms with Gasteiger partial charge in [-0.1, -0.05) is 54.6 Å². The number of amides is 2. The van der Waals surface area contributed by atoms with Crippen molar-refractivity contribution in [2.75, 3.05) is 11.9 Å². The van der Waals surface area contributed by atoms with E-state index in [9.17, 15) is 14.4 Å². The summed E-state index contributed by atoms with van der Waals surface area (Å²) in [6.45, 7) is 2.04. The van der Waals surface area contributed by atoms with Crippen molar-refractivity contribution in [1.29, 1.82) is 0 Å². The Balaban J connectivity index is 1.22. The number of carboxylic acids is 1. The van der Waals surface area contributed by atoms with Crippen molar-refractivity contribution in [3.05, 3.63) is 89.0 Å². The summed E-state index contributed by atoms with van der Waals surface area (Å²) in [7, 11) is 0. The van der Waals surface area contributed by atoms with E-state index in [2.05, 4.69) is 34.9 Å². The van der Waals surface area contributed by atoms with Crippen LogP contribution < -0.4 is 10.6 Å². The molecule has 5 rings (SSSR count). The number of anilines is 1. The third kappa shape index (κ3) is 4.49. The lowest BCUT2D eigenvalue weighted by molar-refractivity contribution is -0.145. The molecule has 0 unspecified atom stereocenters. The van der Waals surface area contributed by atoms with Crippen molar-refractivity contribution in [2.45, 2.75) is 31.7 Å². The summed E-state index contributed by atoms with van der Waals surface area (Å²) >= 11 is 0. The molecule has 1 fully saturated rings. The minimum absolute atomic E-state index is 0.0385. The molecular weight excluding hydrogens is 444 g/mol. The zero-order valence-corrected chi connectivity index (χ0v) is 19.3. The van der Waals surface area contributed by atoms with Gasteiger partial charge >= 0.3 is 12.1 Å². The highest BCUT2D eigenvalue weighted by atomic mass is 16.5. The molecule has 0 radical (unpaired) electrons. The first kappa shape index (κ1) is 22.7. The average Bonchev–Trinajstić information content (AvgIpc) is 3.14. The van der Waals surface area contributed by atoms with Crippen molar-refractivity contribution in [1.82, 2.24) is 5.32 Å². The number of fused-ring (bicyclic) bond motifs is 3. The van der Waals surface area contributed by atoms with Crippen molar-refractivity contribution >= 4 is 23.7 Å². The van der Waals surface area contributed by atoms with Crippen LogP contribution in [0.1, 0.15) is 45.8 Å².